The number of nitrogens with zero attached hydrogens (tertiary/aromatic N) is 1. The zero-order valence-electron chi connectivity index (χ0n) is 13.5. The van der Waals surface area contributed by atoms with Crippen LogP contribution in [0.25, 0.3) is 0 Å². The predicted molar refractivity (Wildman–Crippen MR) is 82.3 cm³/mol. The summed E-state index contributed by atoms with van der Waals surface area (Å²) < 4.78 is 25.9. The van der Waals surface area contributed by atoms with Crippen LogP contribution >= 0.6 is 16.1 Å². The molecule has 126 valence electrons. The highest BCUT2D eigenvalue weighted by atomic mass is 79.9. The molecule has 2 heterocycles. The number of carbonyl (C=O) groups is 1. The van der Waals surface area contributed by atoms with Crippen LogP contribution in [0, 0.1) is 5.92 Å². The van der Waals surface area contributed by atoms with Gasteiger partial charge in [0.05, 0.1) is 6.10 Å². The van der Waals surface area contributed by atoms with Crippen LogP contribution in [0.2, 0.25) is 0 Å². The first-order chi connectivity index (χ1) is 10.4. The minimum absolute atomic E-state index is 0.000894. The Bertz CT molecular complexity index is 459. The van der Waals surface area contributed by atoms with Crippen molar-refractivity contribution >= 4 is 22.4 Å². The van der Waals surface area contributed by atoms with Crippen molar-refractivity contribution in [2.75, 3.05) is 20.8 Å². The van der Waals surface area contributed by atoms with Crippen molar-refractivity contribution in [2.24, 2.45) is 5.92 Å². The second-order valence-electron chi connectivity index (χ2n) is 6.70. The Kier molecular flexibility index (Phi) is 4.20. The van der Waals surface area contributed by atoms with Crippen LogP contribution in [0.5, 0.6) is 0 Å². The second kappa shape index (κ2) is 5.50. The Morgan fingerprint density at radius 3 is 2.32 bits per heavy atom. The summed E-state index contributed by atoms with van der Waals surface area (Å²) in [5, 5.41) is 0. The molecular formula is C15H24BrNO5. The summed E-state index contributed by atoms with van der Waals surface area (Å²) in [6.07, 6.45) is 3.20. The van der Waals surface area contributed by atoms with Gasteiger partial charge in [-0.2, -0.15) is 0 Å². The van der Waals surface area contributed by atoms with Gasteiger partial charge in [-0.1, -0.05) is 0 Å². The quantitative estimate of drug-likeness (QED) is 0.550. The largest absolute Gasteiger partial charge is 0.349 e. The number of aldehydes is 1. The molecule has 0 radical (unpaired) electrons. The second-order valence-corrected chi connectivity index (χ2v) is 7.55. The van der Waals surface area contributed by atoms with E-state index in [2.05, 4.69) is 20.1 Å². The first kappa shape index (κ1) is 16.8. The lowest BCUT2D eigenvalue weighted by atomic mass is 9.80. The SMILES string of the molecule is COC1(C)OC2CN(Br)C3(CC3)C(CC=O)C2OC1(C)OC. The first-order valence-electron chi connectivity index (χ1n) is 7.69. The van der Waals surface area contributed by atoms with Crippen molar-refractivity contribution in [1.82, 2.24) is 3.93 Å². The molecule has 2 saturated heterocycles. The fourth-order valence-electron chi connectivity index (χ4n) is 3.88. The molecule has 1 saturated carbocycles. The standard InChI is InChI=1S/C15H24BrNO5/c1-13(19-3)14(2,20-4)22-12-10(5-8-18)15(6-7-15)17(16)9-11(12)21-13/h8,10-12H,5-7,9H2,1-4H3. The zero-order valence-corrected chi connectivity index (χ0v) is 15.1. The van der Waals surface area contributed by atoms with Gasteiger partial charge >= 0.3 is 0 Å². The number of methoxy groups -OCH3 is 2. The Morgan fingerprint density at radius 2 is 1.82 bits per heavy atom. The van der Waals surface area contributed by atoms with Gasteiger partial charge in [0, 0.05) is 54.8 Å². The van der Waals surface area contributed by atoms with Crippen molar-refractivity contribution in [3.8, 4) is 0 Å². The number of rotatable bonds is 4. The van der Waals surface area contributed by atoms with E-state index in [1.807, 2.05) is 13.8 Å². The lowest BCUT2D eigenvalue weighted by molar-refractivity contribution is -0.457. The van der Waals surface area contributed by atoms with Gasteiger partial charge in [-0.05, 0) is 26.7 Å². The fraction of sp³-hybridized carbons (Fsp3) is 0.933. The summed E-state index contributed by atoms with van der Waals surface area (Å²) in [4.78, 5) is 11.2. The molecule has 3 aliphatic rings. The predicted octanol–water partition coefficient (Wildman–Crippen LogP) is 1.86. The van der Waals surface area contributed by atoms with Crippen molar-refractivity contribution in [3.05, 3.63) is 0 Å². The number of fused-ring (bicyclic) bond motifs is 1. The molecular weight excluding hydrogens is 354 g/mol. The molecule has 6 nitrogen and oxygen atoms in total. The van der Waals surface area contributed by atoms with Gasteiger partial charge in [-0.3, -0.25) is 0 Å². The van der Waals surface area contributed by atoms with Crippen LogP contribution in [0.4, 0.5) is 0 Å². The van der Waals surface area contributed by atoms with Crippen LogP contribution in [-0.4, -0.2) is 60.3 Å². The van der Waals surface area contributed by atoms with Gasteiger partial charge in [0.1, 0.15) is 12.4 Å². The number of halogens is 1. The molecule has 0 bridgehead atoms. The Morgan fingerprint density at radius 1 is 1.23 bits per heavy atom. The average molecular weight is 378 g/mol. The summed E-state index contributed by atoms with van der Waals surface area (Å²) in [5.41, 5.74) is 0.000894. The van der Waals surface area contributed by atoms with Crippen LogP contribution < -0.4 is 0 Å². The normalized spacial score (nSPS) is 47.2. The lowest BCUT2D eigenvalue weighted by Gasteiger charge is -2.57. The molecule has 5 unspecified atom stereocenters. The van der Waals surface area contributed by atoms with Crippen LogP contribution in [0.1, 0.15) is 33.1 Å². The monoisotopic (exact) mass is 377 g/mol. The fourth-order valence-corrected chi connectivity index (χ4v) is 4.78. The van der Waals surface area contributed by atoms with Crippen LogP contribution in [0.3, 0.4) is 0 Å². The van der Waals surface area contributed by atoms with E-state index in [0.717, 1.165) is 19.1 Å². The molecule has 3 rings (SSSR count). The average Bonchev–Trinajstić information content (AvgIpc) is 3.29. The molecule has 0 aromatic heterocycles. The summed E-state index contributed by atoms with van der Waals surface area (Å²) >= 11 is 3.66. The molecule has 0 aromatic rings. The molecule has 0 aromatic carbocycles. The molecule has 22 heavy (non-hydrogen) atoms. The van der Waals surface area contributed by atoms with E-state index in [1.54, 1.807) is 14.2 Å². The molecule has 0 N–H and O–H groups in total. The first-order valence-corrected chi connectivity index (χ1v) is 8.40. The van der Waals surface area contributed by atoms with E-state index >= 15 is 0 Å². The van der Waals surface area contributed by atoms with Gasteiger partial charge < -0.3 is 23.7 Å². The number of ether oxygens (including phenoxy) is 4. The molecule has 7 heteroatoms. The maximum atomic E-state index is 11.2. The third-order valence-electron chi connectivity index (χ3n) is 5.73. The smallest absolute Gasteiger partial charge is 0.220 e. The summed E-state index contributed by atoms with van der Waals surface area (Å²) in [5.74, 6) is -1.94. The van der Waals surface area contributed by atoms with Crippen LogP contribution in [0.15, 0.2) is 0 Å². The summed E-state index contributed by atoms with van der Waals surface area (Å²) in [7, 11) is 3.17. The van der Waals surface area contributed by atoms with Gasteiger partial charge in [-0.15, -0.1) is 0 Å². The van der Waals surface area contributed by atoms with Crippen LogP contribution in [-0.2, 0) is 23.7 Å². The van der Waals surface area contributed by atoms with E-state index < -0.39 is 11.6 Å². The maximum Gasteiger partial charge on any atom is 0.220 e. The van der Waals surface area contributed by atoms with E-state index in [1.165, 1.54) is 0 Å². The number of hydrogen-bond donors (Lipinski definition) is 0. The Balaban J connectivity index is 1.93. The topological polar surface area (TPSA) is 57.2 Å². The maximum absolute atomic E-state index is 11.2. The summed E-state index contributed by atoms with van der Waals surface area (Å²) in [6, 6.07) is 0. The highest BCUT2D eigenvalue weighted by Crippen LogP contribution is 2.57. The van der Waals surface area contributed by atoms with E-state index in [0.29, 0.717) is 13.0 Å². The third-order valence-corrected chi connectivity index (χ3v) is 6.73. The van der Waals surface area contributed by atoms with Gasteiger partial charge in [0.25, 0.3) is 0 Å². The molecule has 3 fully saturated rings. The minimum atomic E-state index is -1.02. The lowest BCUT2D eigenvalue weighted by Crippen LogP contribution is -2.71. The molecule has 0 amide bonds. The van der Waals surface area contributed by atoms with Crippen molar-refractivity contribution in [2.45, 2.75) is 62.4 Å². The van der Waals surface area contributed by atoms with E-state index in [-0.39, 0.29) is 23.7 Å². The van der Waals surface area contributed by atoms with Gasteiger partial charge in [0.15, 0.2) is 0 Å². The zero-order chi connectivity index (χ0) is 16.2. The Hall–Kier alpha value is -0.0500. The van der Waals surface area contributed by atoms with Crippen molar-refractivity contribution in [3.63, 3.8) is 0 Å². The van der Waals surface area contributed by atoms with Gasteiger partial charge in [-0.25, -0.2) is 3.93 Å². The molecule has 1 spiro atoms. The highest BCUT2D eigenvalue weighted by Gasteiger charge is 2.66. The molecule has 1 aliphatic carbocycles. The van der Waals surface area contributed by atoms with Gasteiger partial charge in [0.2, 0.25) is 11.6 Å². The number of piperidine rings is 1. The molecule has 2 aliphatic heterocycles. The molecule has 5 atom stereocenters. The summed E-state index contributed by atoms with van der Waals surface area (Å²) in [6.45, 7) is 4.34. The van der Waals surface area contributed by atoms with Crippen molar-refractivity contribution < 1.29 is 23.7 Å². The minimum Gasteiger partial charge on any atom is -0.349 e. The third kappa shape index (κ3) is 2.21. The number of carbonyl (C=O) groups excluding carboxylic acids is 1. The highest BCUT2D eigenvalue weighted by molar-refractivity contribution is 9.07. The Labute approximate surface area is 139 Å². The van der Waals surface area contributed by atoms with E-state index in [4.69, 9.17) is 18.9 Å². The number of hydrogen-bond acceptors (Lipinski definition) is 6. The van der Waals surface area contributed by atoms with E-state index in [9.17, 15) is 4.79 Å². The van der Waals surface area contributed by atoms with Crippen molar-refractivity contribution in [1.29, 1.82) is 0 Å².